The summed E-state index contributed by atoms with van der Waals surface area (Å²) >= 11 is 0. The third-order valence-corrected chi connectivity index (χ3v) is 4.85. The van der Waals surface area contributed by atoms with Crippen LogP contribution in [0.15, 0.2) is 42.6 Å². The number of nitrogens with zero attached hydrogens (tertiary/aromatic N) is 1. The van der Waals surface area contributed by atoms with Gasteiger partial charge in [0.1, 0.15) is 0 Å². The van der Waals surface area contributed by atoms with Crippen molar-refractivity contribution in [1.82, 2.24) is 4.57 Å². The predicted molar refractivity (Wildman–Crippen MR) is 110 cm³/mol. The fourth-order valence-electron chi connectivity index (χ4n) is 3.57. The number of carbonyl (C=O) groups excluding carboxylic acids is 2. The molecule has 0 bridgehead atoms. The molecule has 2 aromatic carbocycles. The first-order valence-corrected chi connectivity index (χ1v) is 9.98. The second-order valence-corrected chi connectivity index (χ2v) is 6.85. The highest BCUT2D eigenvalue weighted by atomic mass is 16.7. The topological polar surface area (TPSA) is 76.0 Å². The molecule has 0 saturated heterocycles. The van der Waals surface area contributed by atoms with Gasteiger partial charge in [-0.2, -0.15) is 0 Å². The molecule has 0 spiro atoms. The van der Waals surface area contributed by atoms with Crippen LogP contribution in [-0.2, 0) is 20.7 Å². The van der Waals surface area contributed by atoms with Gasteiger partial charge in [-0.3, -0.25) is 4.79 Å². The number of hydrogen-bond donors (Lipinski definition) is 0. The fraction of sp³-hybridized carbons (Fsp3) is 0.304. The summed E-state index contributed by atoms with van der Waals surface area (Å²) in [5.74, 6) is 0.400. The van der Waals surface area contributed by atoms with Crippen LogP contribution in [0, 0.1) is 0 Å². The Morgan fingerprint density at radius 2 is 1.90 bits per heavy atom. The van der Waals surface area contributed by atoms with Crippen LogP contribution in [0.3, 0.4) is 0 Å². The van der Waals surface area contributed by atoms with Crippen molar-refractivity contribution in [3.05, 3.63) is 53.7 Å². The van der Waals surface area contributed by atoms with Gasteiger partial charge < -0.3 is 23.5 Å². The lowest BCUT2D eigenvalue weighted by molar-refractivity contribution is -0.142. The molecule has 0 N–H and O–H groups in total. The van der Waals surface area contributed by atoms with Crippen LogP contribution in [0.4, 0.5) is 0 Å². The summed E-state index contributed by atoms with van der Waals surface area (Å²) in [6, 6.07) is 11.2. The van der Waals surface area contributed by atoms with E-state index in [1.807, 2.05) is 41.8 Å². The summed E-state index contributed by atoms with van der Waals surface area (Å²) in [5, 5.41) is 0.761. The Kier molecular flexibility index (Phi) is 5.61. The molecular weight excluding hydrogens is 386 g/mol. The Bertz CT molecular complexity index is 1100. The van der Waals surface area contributed by atoms with Crippen LogP contribution in [0.5, 0.6) is 11.5 Å². The summed E-state index contributed by atoms with van der Waals surface area (Å²) in [6.07, 6.45) is 2.54. The maximum Gasteiger partial charge on any atom is 0.340 e. The molecule has 1 aliphatic heterocycles. The van der Waals surface area contributed by atoms with Crippen molar-refractivity contribution >= 4 is 22.8 Å². The monoisotopic (exact) mass is 409 g/mol. The van der Waals surface area contributed by atoms with Crippen LogP contribution < -0.4 is 9.47 Å². The molecule has 7 heteroatoms. The molecule has 3 aromatic rings. The van der Waals surface area contributed by atoms with E-state index in [0.29, 0.717) is 41.5 Å². The van der Waals surface area contributed by atoms with Crippen molar-refractivity contribution in [2.75, 3.05) is 20.0 Å². The first-order chi connectivity index (χ1) is 14.6. The van der Waals surface area contributed by atoms with Gasteiger partial charge in [-0.25, -0.2) is 4.79 Å². The zero-order chi connectivity index (χ0) is 21.1. The van der Waals surface area contributed by atoms with Gasteiger partial charge in [-0.1, -0.05) is 31.2 Å². The van der Waals surface area contributed by atoms with Gasteiger partial charge in [0.05, 0.1) is 36.4 Å². The Labute approximate surface area is 174 Å². The standard InChI is InChI=1S/C23H23NO6/c1-3-11-28-23(26)17-13-24(18-8-6-5-7-16(17)18)21-15(12-20(25)27-4-2)9-10-19-22(21)30-14-29-19/h5-10,13H,3-4,11-12,14H2,1-2H3. The van der Waals surface area contributed by atoms with Gasteiger partial charge in [-0.15, -0.1) is 0 Å². The normalized spacial score (nSPS) is 12.2. The van der Waals surface area contributed by atoms with Crippen LogP contribution >= 0.6 is 0 Å². The smallest absolute Gasteiger partial charge is 0.340 e. The number of benzene rings is 2. The van der Waals surface area contributed by atoms with E-state index in [1.54, 1.807) is 19.2 Å². The largest absolute Gasteiger partial charge is 0.466 e. The fourth-order valence-corrected chi connectivity index (χ4v) is 3.57. The van der Waals surface area contributed by atoms with E-state index in [2.05, 4.69) is 0 Å². The van der Waals surface area contributed by atoms with Gasteiger partial charge >= 0.3 is 11.9 Å². The zero-order valence-corrected chi connectivity index (χ0v) is 17.0. The van der Waals surface area contributed by atoms with Crippen LogP contribution in [0.25, 0.3) is 16.6 Å². The van der Waals surface area contributed by atoms with Crippen LogP contribution in [-0.4, -0.2) is 36.5 Å². The summed E-state index contributed by atoms with van der Waals surface area (Å²) in [7, 11) is 0. The first-order valence-electron chi connectivity index (χ1n) is 9.98. The third kappa shape index (κ3) is 3.58. The highest BCUT2D eigenvalue weighted by Crippen LogP contribution is 2.42. The molecule has 7 nitrogen and oxygen atoms in total. The number of aromatic nitrogens is 1. The summed E-state index contributed by atoms with van der Waals surface area (Å²) in [4.78, 5) is 24.9. The Morgan fingerprint density at radius 3 is 2.70 bits per heavy atom. The lowest BCUT2D eigenvalue weighted by Crippen LogP contribution is -2.10. The minimum absolute atomic E-state index is 0.0714. The van der Waals surface area contributed by atoms with Gasteiger partial charge in [-0.05, 0) is 31.0 Å². The van der Waals surface area contributed by atoms with Crippen molar-refractivity contribution in [3.8, 4) is 17.2 Å². The Balaban J connectivity index is 1.89. The van der Waals surface area contributed by atoms with Gasteiger partial charge in [0.15, 0.2) is 11.5 Å². The minimum Gasteiger partial charge on any atom is -0.466 e. The highest BCUT2D eigenvalue weighted by molar-refractivity contribution is 6.05. The van der Waals surface area contributed by atoms with Crippen molar-refractivity contribution in [2.45, 2.75) is 26.7 Å². The minimum atomic E-state index is -0.386. The molecule has 2 heterocycles. The van der Waals surface area contributed by atoms with Crippen molar-refractivity contribution in [1.29, 1.82) is 0 Å². The van der Waals surface area contributed by atoms with Gasteiger partial charge in [0.2, 0.25) is 6.79 Å². The van der Waals surface area contributed by atoms with Gasteiger partial charge in [0.25, 0.3) is 0 Å². The van der Waals surface area contributed by atoms with E-state index in [9.17, 15) is 9.59 Å². The highest BCUT2D eigenvalue weighted by Gasteiger charge is 2.26. The lowest BCUT2D eigenvalue weighted by atomic mass is 10.1. The maximum atomic E-state index is 12.7. The average molecular weight is 409 g/mol. The average Bonchev–Trinajstić information content (AvgIpc) is 3.37. The maximum absolute atomic E-state index is 12.7. The molecule has 0 amide bonds. The van der Waals surface area contributed by atoms with E-state index in [-0.39, 0.29) is 25.2 Å². The molecule has 156 valence electrons. The quantitative estimate of drug-likeness (QED) is 0.549. The summed E-state index contributed by atoms with van der Waals surface area (Å²) in [5.41, 5.74) is 2.63. The van der Waals surface area contributed by atoms with E-state index >= 15 is 0 Å². The number of para-hydroxylation sites is 1. The van der Waals surface area contributed by atoms with E-state index in [0.717, 1.165) is 17.3 Å². The summed E-state index contributed by atoms with van der Waals surface area (Å²) < 4.78 is 23.7. The molecule has 30 heavy (non-hydrogen) atoms. The number of carbonyl (C=O) groups is 2. The Morgan fingerprint density at radius 1 is 1.07 bits per heavy atom. The Hall–Kier alpha value is -3.48. The molecule has 0 saturated carbocycles. The van der Waals surface area contributed by atoms with E-state index in [1.165, 1.54) is 0 Å². The van der Waals surface area contributed by atoms with Gasteiger partial charge in [0, 0.05) is 11.6 Å². The molecular formula is C23H23NO6. The molecule has 0 aliphatic carbocycles. The predicted octanol–water partition coefficient (Wildman–Crippen LogP) is 4.03. The first kappa shape index (κ1) is 19.8. The van der Waals surface area contributed by atoms with Crippen LogP contribution in [0.1, 0.15) is 36.2 Å². The number of esters is 2. The van der Waals surface area contributed by atoms with Crippen molar-refractivity contribution in [2.24, 2.45) is 0 Å². The number of hydrogen-bond acceptors (Lipinski definition) is 6. The second kappa shape index (κ2) is 8.49. The van der Waals surface area contributed by atoms with Crippen molar-refractivity contribution < 1.29 is 28.5 Å². The SMILES string of the molecule is CCCOC(=O)c1cn(-c2c(CC(=O)OCC)ccc3c2OCO3)c2ccccc12. The molecule has 0 atom stereocenters. The summed E-state index contributed by atoms with van der Waals surface area (Å²) in [6.45, 7) is 4.47. The molecule has 1 aliphatic rings. The molecule has 0 radical (unpaired) electrons. The molecule has 0 unspecified atom stereocenters. The second-order valence-electron chi connectivity index (χ2n) is 6.85. The lowest BCUT2D eigenvalue weighted by Gasteiger charge is -2.14. The number of ether oxygens (including phenoxy) is 4. The third-order valence-electron chi connectivity index (χ3n) is 4.85. The van der Waals surface area contributed by atoms with E-state index < -0.39 is 0 Å². The van der Waals surface area contributed by atoms with E-state index in [4.69, 9.17) is 18.9 Å². The van der Waals surface area contributed by atoms with Crippen molar-refractivity contribution in [3.63, 3.8) is 0 Å². The number of fused-ring (bicyclic) bond motifs is 2. The van der Waals surface area contributed by atoms with Crippen LogP contribution in [0.2, 0.25) is 0 Å². The molecule has 0 fully saturated rings. The number of rotatable bonds is 7. The molecule has 1 aromatic heterocycles. The zero-order valence-electron chi connectivity index (χ0n) is 17.0. The molecule has 4 rings (SSSR count).